The number of aromatic nitrogens is 2. The van der Waals surface area contributed by atoms with E-state index < -0.39 is 11.2 Å². The summed E-state index contributed by atoms with van der Waals surface area (Å²) in [6.45, 7) is 2.10. The van der Waals surface area contributed by atoms with Crippen molar-refractivity contribution < 1.29 is 13.2 Å². The maximum absolute atomic E-state index is 12.2. The van der Waals surface area contributed by atoms with Gasteiger partial charge < -0.3 is 5.32 Å². The first-order valence-corrected chi connectivity index (χ1v) is 5.99. The topological polar surface area (TPSA) is 37.8 Å². The molecule has 1 aliphatic carbocycles. The largest absolute Gasteiger partial charge is 0.445 e. The normalized spacial score (nSPS) is 24.5. The Labute approximate surface area is 95.1 Å². The molecule has 0 aliphatic heterocycles. The molecular weight excluding hydrogens is 239 g/mol. The van der Waals surface area contributed by atoms with E-state index in [0.29, 0.717) is 17.3 Å². The van der Waals surface area contributed by atoms with Crippen molar-refractivity contribution in [1.82, 2.24) is 10.2 Å². The van der Waals surface area contributed by atoms with Crippen molar-refractivity contribution in [2.24, 2.45) is 5.92 Å². The van der Waals surface area contributed by atoms with Crippen LogP contribution in [0.15, 0.2) is 0 Å². The maximum Gasteiger partial charge on any atom is 0.445 e. The van der Waals surface area contributed by atoms with Crippen LogP contribution in [0.1, 0.15) is 31.2 Å². The summed E-state index contributed by atoms with van der Waals surface area (Å²) in [6.07, 6.45) is -1.14. The molecule has 2 atom stereocenters. The Bertz CT molecular complexity index is 363. The summed E-state index contributed by atoms with van der Waals surface area (Å²) in [4.78, 5) is 0. The van der Waals surface area contributed by atoms with Crippen LogP contribution in [0.5, 0.6) is 0 Å². The molecule has 1 N–H and O–H groups in total. The van der Waals surface area contributed by atoms with Gasteiger partial charge in [-0.1, -0.05) is 24.7 Å². The fraction of sp³-hybridized carbons (Fsp3) is 0.778. The number of hydrogen-bond acceptors (Lipinski definition) is 4. The molecule has 0 saturated heterocycles. The van der Waals surface area contributed by atoms with Crippen LogP contribution in [-0.4, -0.2) is 16.2 Å². The van der Waals surface area contributed by atoms with E-state index >= 15 is 0 Å². The quantitative estimate of drug-likeness (QED) is 0.893. The Hall–Kier alpha value is -0.850. The van der Waals surface area contributed by atoms with Crippen LogP contribution in [0.2, 0.25) is 0 Å². The third kappa shape index (κ3) is 2.63. The zero-order valence-electron chi connectivity index (χ0n) is 8.71. The lowest BCUT2D eigenvalue weighted by molar-refractivity contribution is -0.138. The molecule has 2 rings (SSSR count). The van der Waals surface area contributed by atoms with Crippen molar-refractivity contribution in [3.8, 4) is 0 Å². The Balaban J connectivity index is 1.90. The van der Waals surface area contributed by atoms with Gasteiger partial charge in [0.1, 0.15) is 0 Å². The van der Waals surface area contributed by atoms with Gasteiger partial charge in [0.25, 0.3) is 0 Å². The lowest BCUT2D eigenvalue weighted by Crippen LogP contribution is -2.03. The highest BCUT2D eigenvalue weighted by Gasteiger charge is 2.39. The fourth-order valence-electron chi connectivity index (χ4n) is 1.67. The standard InChI is InChI=1S/C9H12F3N3S/c1-2-3-5-4-6(5)13-8-15-14-7(16-8)9(10,11)12/h5-6H,2-4H2,1H3,(H,13,15). The summed E-state index contributed by atoms with van der Waals surface area (Å²) in [6, 6.07) is 0.286. The predicted octanol–water partition coefficient (Wildman–Crippen LogP) is 3.16. The zero-order valence-corrected chi connectivity index (χ0v) is 9.53. The van der Waals surface area contributed by atoms with Gasteiger partial charge in [0.15, 0.2) is 0 Å². The van der Waals surface area contributed by atoms with Gasteiger partial charge in [0.2, 0.25) is 10.1 Å². The van der Waals surface area contributed by atoms with Crippen LogP contribution in [-0.2, 0) is 6.18 Å². The van der Waals surface area contributed by atoms with Crippen LogP contribution in [0, 0.1) is 5.92 Å². The minimum atomic E-state index is -4.38. The number of halogens is 3. The lowest BCUT2D eigenvalue weighted by atomic mass is 10.2. The molecule has 0 spiro atoms. The molecule has 0 bridgehead atoms. The summed E-state index contributed by atoms with van der Waals surface area (Å²) in [5.41, 5.74) is 0. The monoisotopic (exact) mass is 251 g/mol. The number of anilines is 1. The molecule has 1 aliphatic rings. The Morgan fingerprint density at radius 1 is 1.44 bits per heavy atom. The van der Waals surface area contributed by atoms with E-state index in [2.05, 4.69) is 22.4 Å². The second kappa shape index (κ2) is 4.20. The molecule has 16 heavy (non-hydrogen) atoms. The molecular formula is C9H12F3N3S. The van der Waals surface area contributed by atoms with Crippen molar-refractivity contribution in [3.63, 3.8) is 0 Å². The van der Waals surface area contributed by atoms with Crippen molar-refractivity contribution in [2.75, 3.05) is 5.32 Å². The molecule has 2 unspecified atom stereocenters. The molecule has 0 amide bonds. The van der Waals surface area contributed by atoms with E-state index in [1.807, 2.05) is 0 Å². The average Bonchev–Trinajstić information content (AvgIpc) is 2.73. The lowest BCUT2D eigenvalue weighted by Gasteiger charge is -2.00. The van der Waals surface area contributed by atoms with Gasteiger partial charge in [-0.3, -0.25) is 0 Å². The Morgan fingerprint density at radius 3 is 2.75 bits per heavy atom. The van der Waals surface area contributed by atoms with E-state index in [1.165, 1.54) is 0 Å². The summed E-state index contributed by atoms with van der Waals surface area (Å²) >= 11 is 0.570. The van der Waals surface area contributed by atoms with Gasteiger partial charge in [-0.15, -0.1) is 10.2 Å². The Kier molecular flexibility index (Phi) is 3.05. The molecule has 0 aromatic carbocycles. The van der Waals surface area contributed by atoms with E-state index in [0.717, 1.165) is 19.3 Å². The second-order valence-corrected chi connectivity index (χ2v) is 4.92. The van der Waals surface area contributed by atoms with Crippen LogP contribution in [0.4, 0.5) is 18.3 Å². The first kappa shape index (κ1) is 11.6. The zero-order chi connectivity index (χ0) is 11.8. The molecule has 7 heteroatoms. The highest BCUT2D eigenvalue weighted by atomic mass is 32.1. The van der Waals surface area contributed by atoms with E-state index in [-0.39, 0.29) is 11.2 Å². The minimum absolute atomic E-state index is 0.274. The first-order valence-electron chi connectivity index (χ1n) is 5.18. The third-order valence-electron chi connectivity index (χ3n) is 2.56. The average molecular weight is 251 g/mol. The van der Waals surface area contributed by atoms with E-state index in [1.54, 1.807) is 0 Å². The molecule has 1 aromatic rings. The number of alkyl halides is 3. The van der Waals surface area contributed by atoms with Crippen LogP contribution in [0.25, 0.3) is 0 Å². The van der Waals surface area contributed by atoms with Gasteiger partial charge in [-0.05, 0) is 18.8 Å². The number of nitrogens with zero attached hydrogens (tertiary/aromatic N) is 2. The Morgan fingerprint density at radius 2 is 2.19 bits per heavy atom. The number of rotatable bonds is 4. The van der Waals surface area contributed by atoms with E-state index in [4.69, 9.17) is 0 Å². The SMILES string of the molecule is CCCC1CC1Nc1nnc(C(F)(F)F)s1. The minimum Gasteiger partial charge on any atom is -0.357 e. The predicted molar refractivity (Wildman–Crippen MR) is 55.3 cm³/mol. The fourth-order valence-corrected chi connectivity index (χ4v) is 2.34. The molecule has 1 saturated carbocycles. The van der Waals surface area contributed by atoms with Crippen molar-refractivity contribution >= 4 is 16.5 Å². The third-order valence-corrected chi connectivity index (χ3v) is 3.46. The molecule has 90 valence electrons. The van der Waals surface area contributed by atoms with Crippen molar-refractivity contribution in [2.45, 2.75) is 38.4 Å². The van der Waals surface area contributed by atoms with Crippen molar-refractivity contribution in [3.05, 3.63) is 5.01 Å². The molecule has 3 nitrogen and oxygen atoms in total. The van der Waals surface area contributed by atoms with Crippen LogP contribution >= 0.6 is 11.3 Å². The van der Waals surface area contributed by atoms with Gasteiger partial charge in [-0.2, -0.15) is 13.2 Å². The highest BCUT2D eigenvalue weighted by Crippen LogP contribution is 2.39. The summed E-state index contributed by atoms with van der Waals surface area (Å²) < 4.78 is 36.7. The maximum atomic E-state index is 12.2. The van der Waals surface area contributed by atoms with Gasteiger partial charge in [-0.25, -0.2) is 0 Å². The molecule has 1 heterocycles. The van der Waals surface area contributed by atoms with Gasteiger partial charge in [0.05, 0.1) is 0 Å². The van der Waals surface area contributed by atoms with Crippen LogP contribution in [0.3, 0.4) is 0 Å². The summed E-state index contributed by atoms with van der Waals surface area (Å²) in [5.74, 6) is 0.586. The molecule has 0 radical (unpaired) electrons. The molecule has 1 aromatic heterocycles. The van der Waals surface area contributed by atoms with Gasteiger partial charge >= 0.3 is 6.18 Å². The van der Waals surface area contributed by atoms with Gasteiger partial charge in [0, 0.05) is 6.04 Å². The highest BCUT2D eigenvalue weighted by molar-refractivity contribution is 7.15. The first-order chi connectivity index (χ1) is 7.50. The smallest absolute Gasteiger partial charge is 0.357 e. The van der Waals surface area contributed by atoms with Crippen molar-refractivity contribution in [1.29, 1.82) is 0 Å². The number of nitrogens with one attached hydrogen (secondary N) is 1. The van der Waals surface area contributed by atoms with Crippen LogP contribution < -0.4 is 5.32 Å². The second-order valence-electron chi connectivity index (χ2n) is 3.95. The number of hydrogen-bond donors (Lipinski definition) is 1. The summed E-state index contributed by atoms with van der Waals surface area (Å²) in [7, 11) is 0. The molecule has 1 fully saturated rings. The summed E-state index contributed by atoms with van der Waals surface area (Å²) in [5, 5.41) is 8.99. The van der Waals surface area contributed by atoms with E-state index in [9.17, 15) is 13.2 Å².